The third-order valence-corrected chi connectivity index (χ3v) is 2.36. The highest BCUT2D eigenvalue weighted by atomic mass is 16.5. The summed E-state index contributed by atoms with van der Waals surface area (Å²) in [6.45, 7) is 4.05. The predicted molar refractivity (Wildman–Crippen MR) is 49.1 cm³/mol. The zero-order valence-electron chi connectivity index (χ0n) is 8.12. The van der Waals surface area contributed by atoms with E-state index in [0.29, 0.717) is 0 Å². The smallest absolute Gasteiger partial charge is 0.0837 e. The molecule has 0 unspecified atom stereocenters. The molecule has 0 amide bonds. The lowest BCUT2D eigenvalue weighted by atomic mass is 10.1. The molecule has 12 heavy (non-hydrogen) atoms. The molecule has 1 N–H and O–H groups in total. The maximum Gasteiger partial charge on any atom is 0.0837 e. The minimum atomic E-state index is -0.227. The van der Waals surface area contributed by atoms with Gasteiger partial charge in [0.05, 0.1) is 18.3 Å². The summed E-state index contributed by atoms with van der Waals surface area (Å²) in [5.74, 6) is 0. The Morgan fingerprint density at radius 3 is 2.50 bits per heavy atom. The van der Waals surface area contributed by atoms with Crippen LogP contribution in [0, 0.1) is 0 Å². The molecule has 1 aliphatic rings. The minimum absolute atomic E-state index is 0.0903. The van der Waals surface area contributed by atoms with E-state index in [1.165, 1.54) is 12.8 Å². The van der Waals surface area contributed by atoms with E-state index >= 15 is 0 Å². The second kappa shape index (κ2) is 4.83. The molecule has 0 spiro atoms. The largest absolute Gasteiger partial charge is 0.390 e. The molecular formula is C10H20O2. The summed E-state index contributed by atoms with van der Waals surface area (Å²) in [6, 6.07) is 0. The summed E-state index contributed by atoms with van der Waals surface area (Å²) in [4.78, 5) is 0. The highest BCUT2D eigenvalue weighted by Crippen LogP contribution is 2.21. The van der Waals surface area contributed by atoms with Gasteiger partial charge in [0, 0.05) is 0 Å². The second-order valence-electron chi connectivity index (χ2n) is 3.93. The lowest BCUT2D eigenvalue weighted by Gasteiger charge is -2.23. The van der Waals surface area contributed by atoms with Gasteiger partial charge in [0.15, 0.2) is 0 Å². The molecule has 1 fully saturated rings. The zero-order chi connectivity index (χ0) is 8.97. The Bertz CT molecular complexity index is 123. The lowest BCUT2D eigenvalue weighted by Crippen LogP contribution is -2.30. The van der Waals surface area contributed by atoms with E-state index in [1.54, 1.807) is 0 Å². The number of rotatable bonds is 2. The van der Waals surface area contributed by atoms with Crippen molar-refractivity contribution in [3.8, 4) is 0 Å². The first-order valence-electron chi connectivity index (χ1n) is 5.03. The van der Waals surface area contributed by atoms with Gasteiger partial charge >= 0.3 is 0 Å². The van der Waals surface area contributed by atoms with Crippen molar-refractivity contribution in [2.45, 2.75) is 64.3 Å². The van der Waals surface area contributed by atoms with Gasteiger partial charge in [-0.25, -0.2) is 0 Å². The van der Waals surface area contributed by atoms with Gasteiger partial charge in [-0.15, -0.1) is 0 Å². The Hall–Kier alpha value is -0.0800. The standard InChI is InChI=1S/C10H20O2/c1-8(2)12-10-7-5-3-4-6-9(10)11/h8-11H,3-7H2,1-2H3/t9-,10-/m0/s1. The first kappa shape index (κ1) is 10.0. The van der Waals surface area contributed by atoms with Crippen LogP contribution in [0.2, 0.25) is 0 Å². The Labute approximate surface area is 74.9 Å². The van der Waals surface area contributed by atoms with Crippen LogP contribution >= 0.6 is 0 Å². The van der Waals surface area contributed by atoms with Crippen LogP contribution < -0.4 is 0 Å². The van der Waals surface area contributed by atoms with Gasteiger partial charge in [-0.1, -0.05) is 19.3 Å². The molecule has 2 heteroatoms. The fourth-order valence-electron chi connectivity index (χ4n) is 1.76. The van der Waals surface area contributed by atoms with Crippen molar-refractivity contribution in [2.24, 2.45) is 0 Å². The van der Waals surface area contributed by atoms with Crippen molar-refractivity contribution in [3.05, 3.63) is 0 Å². The number of aliphatic hydroxyl groups is 1. The highest BCUT2D eigenvalue weighted by molar-refractivity contribution is 4.73. The molecule has 0 aromatic carbocycles. The van der Waals surface area contributed by atoms with Gasteiger partial charge in [-0.05, 0) is 26.7 Å². The summed E-state index contributed by atoms with van der Waals surface area (Å²) in [5.41, 5.74) is 0. The van der Waals surface area contributed by atoms with Crippen LogP contribution in [0.25, 0.3) is 0 Å². The molecule has 1 saturated carbocycles. The van der Waals surface area contributed by atoms with E-state index in [1.807, 2.05) is 13.8 Å². The van der Waals surface area contributed by atoms with Gasteiger partial charge < -0.3 is 9.84 Å². The van der Waals surface area contributed by atoms with Gasteiger partial charge in [-0.3, -0.25) is 0 Å². The van der Waals surface area contributed by atoms with Crippen molar-refractivity contribution in [1.29, 1.82) is 0 Å². The number of ether oxygens (including phenoxy) is 1. The van der Waals surface area contributed by atoms with Crippen LogP contribution in [0.15, 0.2) is 0 Å². The third-order valence-electron chi connectivity index (χ3n) is 2.36. The summed E-state index contributed by atoms with van der Waals surface area (Å²) in [7, 11) is 0. The van der Waals surface area contributed by atoms with Crippen molar-refractivity contribution in [2.75, 3.05) is 0 Å². The first-order valence-corrected chi connectivity index (χ1v) is 5.03. The van der Waals surface area contributed by atoms with E-state index in [9.17, 15) is 5.11 Å². The maximum atomic E-state index is 9.67. The molecular weight excluding hydrogens is 152 g/mol. The summed E-state index contributed by atoms with van der Waals surface area (Å²) in [6.07, 6.45) is 5.64. The minimum Gasteiger partial charge on any atom is -0.390 e. The Balaban J connectivity index is 2.36. The van der Waals surface area contributed by atoms with E-state index in [0.717, 1.165) is 19.3 Å². The number of aliphatic hydroxyl groups excluding tert-OH is 1. The molecule has 0 heterocycles. The van der Waals surface area contributed by atoms with Crippen LogP contribution in [0.5, 0.6) is 0 Å². The Morgan fingerprint density at radius 1 is 1.17 bits per heavy atom. The SMILES string of the molecule is CC(C)O[C@H]1CCCCC[C@@H]1O. The fraction of sp³-hybridized carbons (Fsp3) is 1.00. The van der Waals surface area contributed by atoms with Crippen molar-refractivity contribution in [1.82, 2.24) is 0 Å². The maximum absolute atomic E-state index is 9.67. The van der Waals surface area contributed by atoms with E-state index in [4.69, 9.17) is 4.74 Å². The van der Waals surface area contributed by atoms with Gasteiger partial charge in [0.2, 0.25) is 0 Å². The van der Waals surface area contributed by atoms with Crippen LogP contribution in [-0.2, 0) is 4.74 Å². The third kappa shape index (κ3) is 3.11. The summed E-state index contributed by atoms with van der Waals surface area (Å²) in [5, 5.41) is 9.67. The van der Waals surface area contributed by atoms with Crippen molar-refractivity contribution in [3.63, 3.8) is 0 Å². The monoisotopic (exact) mass is 172 g/mol. The number of hydrogen-bond donors (Lipinski definition) is 1. The van der Waals surface area contributed by atoms with Crippen molar-refractivity contribution >= 4 is 0 Å². The molecule has 0 saturated heterocycles. The summed E-state index contributed by atoms with van der Waals surface area (Å²) < 4.78 is 5.63. The van der Waals surface area contributed by atoms with Gasteiger partial charge in [0.25, 0.3) is 0 Å². The molecule has 0 aliphatic heterocycles. The molecule has 0 aromatic heterocycles. The van der Waals surface area contributed by atoms with E-state index < -0.39 is 0 Å². The Kier molecular flexibility index (Phi) is 4.02. The topological polar surface area (TPSA) is 29.5 Å². The fourth-order valence-corrected chi connectivity index (χ4v) is 1.76. The van der Waals surface area contributed by atoms with Crippen LogP contribution in [0.3, 0.4) is 0 Å². The molecule has 0 bridgehead atoms. The molecule has 2 nitrogen and oxygen atoms in total. The van der Waals surface area contributed by atoms with Crippen LogP contribution in [0.1, 0.15) is 46.0 Å². The molecule has 1 rings (SSSR count). The predicted octanol–water partition coefficient (Wildman–Crippen LogP) is 2.11. The average molecular weight is 172 g/mol. The molecule has 0 radical (unpaired) electrons. The van der Waals surface area contributed by atoms with Crippen LogP contribution in [0.4, 0.5) is 0 Å². The number of hydrogen-bond acceptors (Lipinski definition) is 2. The molecule has 0 aromatic rings. The first-order chi connectivity index (χ1) is 5.70. The van der Waals surface area contributed by atoms with Crippen molar-refractivity contribution < 1.29 is 9.84 Å². The quantitative estimate of drug-likeness (QED) is 0.646. The summed E-state index contributed by atoms with van der Waals surface area (Å²) >= 11 is 0. The van der Waals surface area contributed by atoms with E-state index in [2.05, 4.69) is 0 Å². The van der Waals surface area contributed by atoms with Gasteiger partial charge in [0.1, 0.15) is 0 Å². The van der Waals surface area contributed by atoms with Crippen LogP contribution in [-0.4, -0.2) is 23.4 Å². The molecule has 2 atom stereocenters. The molecule has 1 aliphatic carbocycles. The van der Waals surface area contributed by atoms with Gasteiger partial charge in [-0.2, -0.15) is 0 Å². The Morgan fingerprint density at radius 2 is 1.83 bits per heavy atom. The lowest BCUT2D eigenvalue weighted by molar-refractivity contribution is -0.0670. The zero-order valence-corrected chi connectivity index (χ0v) is 8.12. The second-order valence-corrected chi connectivity index (χ2v) is 3.93. The molecule has 72 valence electrons. The average Bonchev–Trinajstić information content (AvgIpc) is 2.16. The highest BCUT2D eigenvalue weighted by Gasteiger charge is 2.22. The van der Waals surface area contributed by atoms with E-state index in [-0.39, 0.29) is 18.3 Å². The normalized spacial score (nSPS) is 32.0.